The molecule has 2 atom stereocenters. The van der Waals surface area contributed by atoms with Gasteiger partial charge in [-0.2, -0.15) is 0 Å². The number of fused-ring (bicyclic) bond motifs is 1. The van der Waals surface area contributed by atoms with Gasteiger partial charge in [0, 0.05) is 18.7 Å². The summed E-state index contributed by atoms with van der Waals surface area (Å²) < 4.78 is 32.7. The predicted molar refractivity (Wildman–Crippen MR) is 145 cm³/mol. The molecule has 1 aliphatic rings. The molecule has 3 aromatic carbocycles. The van der Waals surface area contributed by atoms with Crippen molar-refractivity contribution in [1.29, 1.82) is 0 Å². The standard InChI is InChI=1S/C29H32N2O8/c1-31-27(16-8-10-22(36-4)23(12-16)37-5)26(18-14-24(38-6)25(39-7)15-19(18)29(31)33)28(32)30-20-13-17(34-2)9-11-21(20)35-3/h8-15,26-27H,1-7H3,(H,30,32)/t26-,27+/m0/s1. The van der Waals surface area contributed by atoms with Crippen molar-refractivity contribution in [2.75, 3.05) is 55.0 Å². The van der Waals surface area contributed by atoms with Crippen LogP contribution in [0.2, 0.25) is 0 Å². The van der Waals surface area contributed by atoms with Gasteiger partial charge in [-0.25, -0.2) is 0 Å². The maximum atomic E-state index is 14.2. The first-order chi connectivity index (χ1) is 18.8. The molecule has 1 aliphatic heterocycles. The van der Waals surface area contributed by atoms with Crippen LogP contribution in [0.1, 0.15) is 33.4 Å². The SMILES string of the molecule is COc1ccc(OC)c(NC(=O)[C@H]2c3cc(OC)c(OC)cc3C(=O)N(C)[C@@H]2c2ccc(OC)c(OC)c2)c1. The number of nitrogens with zero attached hydrogens (tertiary/aromatic N) is 1. The zero-order chi connectivity index (χ0) is 28.3. The molecule has 0 bridgehead atoms. The number of likely N-dealkylation sites (N-methyl/N-ethyl adjacent to an activating group) is 1. The van der Waals surface area contributed by atoms with E-state index in [0.717, 1.165) is 0 Å². The quantitative estimate of drug-likeness (QED) is 0.432. The first kappa shape index (κ1) is 27.4. The lowest BCUT2D eigenvalue weighted by molar-refractivity contribution is -0.119. The molecule has 0 unspecified atom stereocenters. The van der Waals surface area contributed by atoms with Gasteiger partial charge in [-0.15, -0.1) is 0 Å². The maximum absolute atomic E-state index is 14.2. The van der Waals surface area contributed by atoms with Gasteiger partial charge in [-0.3, -0.25) is 9.59 Å². The van der Waals surface area contributed by atoms with Crippen LogP contribution in [0, 0.1) is 0 Å². The van der Waals surface area contributed by atoms with Crippen molar-refractivity contribution in [3.05, 3.63) is 65.2 Å². The molecule has 2 amide bonds. The second-order valence-corrected chi connectivity index (χ2v) is 8.80. The van der Waals surface area contributed by atoms with Crippen molar-refractivity contribution in [3.8, 4) is 34.5 Å². The number of hydrogen-bond acceptors (Lipinski definition) is 8. The molecule has 0 spiro atoms. The first-order valence-electron chi connectivity index (χ1n) is 12.1. The van der Waals surface area contributed by atoms with E-state index in [-0.39, 0.29) is 11.8 Å². The number of amides is 2. The second kappa shape index (κ2) is 11.4. The van der Waals surface area contributed by atoms with Crippen LogP contribution in [0.25, 0.3) is 0 Å². The van der Waals surface area contributed by atoms with E-state index in [2.05, 4.69) is 5.32 Å². The van der Waals surface area contributed by atoms with Crippen LogP contribution in [0.15, 0.2) is 48.5 Å². The number of methoxy groups -OCH3 is 6. The van der Waals surface area contributed by atoms with Crippen LogP contribution in [0.3, 0.4) is 0 Å². The van der Waals surface area contributed by atoms with Crippen LogP contribution in [0.5, 0.6) is 34.5 Å². The number of rotatable bonds is 9. The van der Waals surface area contributed by atoms with Gasteiger partial charge in [0.2, 0.25) is 5.91 Å². The van der Waals surface area contributed by atoms with E-state index in [1.54, 1.807) is 61.5 Å². The van der Waals surface area contributed by atoms with Crippen LogP contribution in [-0.2, 0) is 4.79 Å². The molecule has 3 aromatic rings. The number of carbonyl (C=O) groups excluding carboxylic acids is 2. The zero-order valence-electron chi connectivity index (χ0n) is 23.0. The van der Waals surface area contributed by atoms with Crippen LogP contribution < -0.4 is 33.7 Å². The fraction of sp³-hybridized carbons (Fsp3) is 0.310. The van der Waals surface area contributed by atoms with Gasteiger partial charge in [0.15, 0.2) is 23.0 Å². The van der Waals surface area contributed by atoms with E-state index in [0.29, 0.717) is 56.9 Å². The summed E-state index contributed by atoms with van der Waals surface area (Å²) >= 11 is 0. The lowest BCUT2D eigenvalue weighted by Gasteiger charge is -2.40. The molecule has 4 rings (SSSR count). The van der Waals surface area contributed by atoms with Crippen molar-refractivity contribution >= 4 is 17.5 Å². The highest BCUT2D eigenvalue weighted by atomic mass is 16.5. The molecule has 0 fully saturated rings. The van der Waals surface area contributed by atoms with Crippen molar-refractivity contribution in [1.82, 2.24) is 4.90 Å². The molecule has 10 nitrogen and oxygen atoms in total. The van der Waals surface area contributed by atoms with Crippen molar-refractivity contribution in [2.24, 2.45) is 0 Å². The number of ether oxygens (including phenoxy) is 6. The van der Waals surface area contributed by atoms with Gasteiger partial charge in [-0.1, -0.05) is 6.07 Å². The van der Waals surface area contributed by atoms with Gasteiger partial charge < -0.3 is 38.6 Å². The number of benzene rings is 3. The highest BCUT2D eigenvalue weighted by Crippen LogP contribution is 2.47. The van der Waals surface area contributed by atoms with E-state index in [4.69, 9.17) is 28.4 Å². The zero-order valence-corrected chi connectivity index (χ0v) is 23.0. The summed E-state index contributed by atoms with van der Waals surface area (Å²) in [6.45, 7) is 0. The minimum atomic E-state index is -0.850. The van der Waals surface area contributed by atoms with Crippen molar-refractivity contribution in [3.63, 3.8) is 0 Å². The smallest absolute Gasteiger partial charge is 0.254 e. The van der Waals surface area contributed by atoms with Crippen LogP contribution >= 0.6 is 0 Å². The summed E-state index contributed by atoms with van der Waals surface area (Å²) in [6.07, 6.45) is 0. The Bertz CT molecular complexity index is 1390. The Morgan fingerprint density at radius 3 is 1.92 bits per heavy atom. The monoisotopic (exact) mass is 536 g/mol. The molecule has 0 aliphatic carbocycles. The molecule has 10 heteroatoms. The van der Waals surface area contributed by atoms with Gasteiger partial charge in [0.25, 0.3) is 5.91 Å². The van der Waals surface area contributed by atoms with Crippen molar-refractivity contribution in [2.45, 2.75) is 12.0 Å². The fourth-order valence-electron chi connectivity index (χ4n) is 4.91. The predicted octanol–water partition coefficient (Wildman–Crippen LogP) is 4.29. The van der Waals surface area contributed by atoms with Crippen molar-refractivity contribution < 1.29 is 38.0 Å². The Morgan fingerprint density at radius 1 is 0.718 bits per heavy atom. The molecule has 0 saturated carbocycles. The topological polar surface area (TPSA) is 105 Å². The van der Waals surface area contributed by atoms with E-state index in [9.17, 15) is 9.59 Å². The Balaban J connectivity index is 1.91. The minimum Gasteiger partial charge on any atom is -0.497 e. The minimum absolute atomic E-state index is 0.270. The molecular weight excluding hydrogens is 504 g/mol. The average Bonchev–Trinajstić information content (AvgIpc) is 2.97. The van der Waals surface area contributed by atoms with E-state index in [1.165, 1.54) is 35.5 Å². The lowest BCUT2D eigenvalue weighted by Crippen LogP contribution is -2.44. The number of anilines is 1. The second-order valence-electron chi connectivity index (χ2n) is 8.80. The van der Waals surface area contributed by atoms with Gasteiger partial charge >= 0.3 is 0 Å². The normalized spacial score (nSPS) is 16.2. The lowest BCUT2D eigenvalue weighted by atomic mass is 9.79. The van der Waals surface area contributed by atoms with E-state index >= 15 is 0 Å². The summed E-state index contributed by atoms with van der Waals surface area (Å²) in [7, 11) is 10.8. The molecule has 206 valence electrons. The van der Waals surface area contributed by atoms with Gasteiger partial charge in [0.05, 0.1) is 60.3 Å². The summed E-state index contributed by atoms with van der Waals surface area (Å²) in [4.78, 5) is 29.4. The third kappa shape index (κ3) is 4.97. The Morgan fingerprint density at radius 2 is 1.31 bits per heavy atom. The first-order valence-corrected chi connectivity index (χ1v) is 12.1. The van der Waals surface area contributed by atoms with Crippen LogP contribution in [-0.4, -0.2) is 66.4 Å². The van der Waals surface area contributed by atoms with Crippen LogP contribution in [0.4, 0.5) is 5.69 Å². The summed E-state index contributed by atoms with van der Waals surface area (Å²) in [5.74, 6) is 1.31. The molecular formula is C29H32N2O8. The molecule has 1 heterocycles. The number of carbonyl (C=O) groups is 2. The van der Waals surface area contributed by atoms with E-state index in [1.807, 2.05) is 6.07 Å². The molecule has 0 aromatic heterocycles. The van der Waals surface area contributed by atoms with E-state index < -0.39 is 12.0 Å². The largest absolute Gasteiger partial charge is 0.497 e. The van der Waals surface area contributed by atoms with Gasteiger partial charge in [-0.05, 0) is 47.5 Å². The highest BCUT2D eigenvalue weighted by Gasteiger charge is 2.44. The Labute approximate surface area is 227 Å². The fourth-order valence-corrected chi connectivity index (χ4v) is 4.91. The summed E-state index contributed by atoms with van der Waals surface area (Å²) in [5.41, 5.74) is 1.94. The Kier molecular flexibility index (Phi) is 8.04. The summed E-state index contributed by atoms with van der Waals surface area (Å²) in [6, 6.07) is 13.0. The average molecular weight is 537 g/mol. The summed E-state index contributed by atoms with van der Waals surface area (Å²) in [5, 5.41) is 2.99. The molecule has 0 radical (unpaired) electrons. The molecule has 1 N–H and O–H groups in total. The van der Waals surface area contributed by atoms with Gasteiger partial charge in [0.1, 0.15) is 11.5 Å². The third-order valence-electron chi connectivity index (χ3n) is 6.87. The molecule has 0 saturated heterocycles. The number of nitrogens with one attached hydrogen (secondary N) is 1. The highest BCUT2D eigenvalue weighted by molar-refractivity contribution is 6.05. The maximum Gasteiger partial charge on any atom is 0.254 e. The molecule has 39 heavy (non-hydrogen) atoms. The number of hydrogen-bond donors (Lipinski definition) is 1. The third-order valence-corrected chi connectivity index (χ3v) is 6.87. The Hall–Kier alpha value is -4.60.